The van der Waals surface area contributed by atoms with E-state index in [9.17, 15) is 23.5 Å². The molecule has 130 valence electrons. The van der Waals surface area contributed by atoms with E-state index in [1.54, 1.807) is 6.07 Å². The van der Waals surface area contributed by atoms with Crippen molar-refractivity contribution < 1.29 is 72.3 Å². The molecule has 0 fully saturated rings. The Morgan fingerprint density at radius 3 is 2.12 bits per heavy atom. The van der Waals surface area contributed by atoms with Gasteiger partial charge < -0.3 is 29.2 Å². The van der Waals surface area contributed by atoms with Gasteiger partial charge in [0.05, 0.1) is 0 Å². The zero-order valence-electron chi connectivity index (χ0n) is 13.1. The normalized spacial score (nSPS) is 16.4. The fourth-order valence-corrected chi connectivity index (χ4v) is 4.03. The summed E-state index contributed by atoms with van der Waals surface area (Å²) in [6.45, 7) is -1.09. The molecule has 0 bridgehead atoms. The summed E-state index contributed by atoms with van der Waals surface area (Å²) in [5.74, 6) is -0.453. The van der Waals surface area contributed by atoms with Crippen molar-refractivity contribution in [2.45, 2.75) is 11.6 Å². The van der Waals surface area contributed by atoms with Gasteiger partial charge in [0.25, 0.3) is 5.08 Å². The van der Waals surface area contributed by atoms with Gasteiger partial charge in [0.15, 0.2) is 26.5 Å². The minimum Gasteiger partial charge on any atom is -0.776 e. The van der Waals surface area contributed by atoms with Crippen LogP contribution in [0, 0.1) is 5.82 Å². The first-order valence-electron chi connectivity index (χ1n) is 6.51. The van der Waals surface area contributed by atoms with Gasteiger partial charge in [-0.1, -0.05) is 12.1 Å². The molecular weight excluding hydrogens is 386 g/mol. The van der Waals surface area contributed by atoms with E-state index >= 15 is 0 Å². The van der Waals surface area contributed by atoms with Crippen molar-refractivity contribution in [1.29, 1.82) is 0 Å². The Hall–Kier alpha value is -0.440. The van der Waals surface area contributed by atoms with Crippen LogP contribution in [0.25, 0.3) is 11.1 Å². The molecule has 0 saturated heterocycles. The molecule has 2 atom stereocenters. The van der Waals surface area contributed by atoms with Crippen LogP contribution in [0.2, 0.25) is 0 Å². The van der Waals surface area contributed by atoms with Gasteiger partial charge in [-0.05, 0) is 23.8 Å². The average Bonchev–Trinajstić information content (AvgIpc) is 2.46. The SMILES string of the molecule is O=P([O-])(O)C(O)(C[n+]1cccc(-c2ccc(F)cc2)c1)P(=O)(O)O.[Na+]. The summed E-state index contributed by atoms with van der Waals surface area (Å²) in [5, 5.41) is 6.22. The largest absolute Gasteiger partial charge is 1.00 e. The quantitative estimate of drug-likeness (QED) is 0.241. The summed E-state index contributed by atoms with van der Waals surface area (Å²) in [6, 6.07) is 8.35. The van der Waals surface area contributed by atoms with Crippen molar-refractivity contribution in [3.8, 4) is 11.1 Å². The zero-order valence-corrected chi connectivity index (χ0v) is 16.8. The first kappa shape index (κ1) is 22.6. The van der Waals surface area contributed by atoms with Gasteiger partial charge in [-0.3, -0.25) is 4.57 Å². The molecule has 0 aliphatic heterocycles. The third kappa shape index (κ3) is 5.05. The average molecular weight is 400 g/mol. The van der Waals surface area contributed by atoms with Gasteiger partial charge in [0.1, 0.15) is 5.82 Å². The molecular formula is C13H14FNNaO7P2+. The zero-order chi connectivity index (χ0) is 18.2. The van der Waals surface area contributed by atoms with Gasteiger partial charge in [0.2, 0.25) is 0 Å². The van der Waals surface area contributed by atoms with Crippen LogP contribution in [-0.4, -0.2) is 24.9 Å². The van der Waals surface area contributed by atoms with Crippen LogP contribution in [0.1, 0.15) is 0 Å². The fourth-order valence-electron chi connectivity index (χ4n) is 2.02. The van der Waals surface area contributed by atoms with Crippen molar-refractivity contribution in [2.24, 2.45) is 0 Å². The molecule has 0 saturated carbocycles. The molecule has 2 unspecified atom stereocenters. The van der Waals surface area contributed by atoms with Crippen LogP contribution in [0.4, 0.5) is 4.39 Å². The van der Waals surface area contributed by atoms with E-state index in [-0.39, 0.29) is 29.6 Å². The van der Waals surface area contributed by atoms with Gasteiger partial charge in [-0.2, -0.15) is 0 Å². The van der Waals surface area contributed by atoms with Crippen molar-refractivity contribution in [1.82, 2.24) is 0 Å². The van der Waals surface area contributed by atoms with Crippen molar-refractivity contribution in [2.75, 3.05) is 0 Å². The van der Waals surface area contributed by atoms with Crippen molar-refractivity contribution in [3.63, 3.8) is 0 Å². The van der Waals surface area contributed by atoms with Crippen LogP contribution >= 0.6 is 15.2 Å². The second-order valence-electron chi connectivity index (χ2n) is 5.11. The maximum absolute atomic E-state index is 12.9. The Kier molecular flexibility index (Phi) is 7.29. The predicted molar refractivity (Wildman–Crippen MR) is 78.9 cm³/mol. The number of rotatable bonds is 5. The number of hydrogen-bond acceptors (Lipinski definition) is 4. The second kappa shape index (κ2) is 8.06. The Morgan fingerprint density at radius 1 is 1.08 bits per heavy atom. The molecule has 1 aromatic heterocycles. The molecule has 1 heterocycles. The maximum Gasteiger partial charge on any atom is 1.00 e. The van der Waals surface area contributed by atoms with E-state index in [1.165, 1.54) is 42.7 Å². The molecule has 1 aromatic carbocycles. The number of halogens is 1. The smallest absolute Gasteiger partial charge is 0.776 e. The topological polar surface area (TPSA) is 142 Å². The molecule has 12 heteroatoms. The standard InChI is InChI=1S/C13H14FNO7P2.Na/c14-12-5-3-10(4-6-12)11-2-1-7-15(8-11)9-13(16,23(17,18)19)24(20,21)22;/h1-8,16H,9H2,(H3-,17,18,19,20,21,22);/q;+1. The summed E-state index contributed by atoms with van der Waals surface area (Å²) in [6.07, 6.45) is 2.55. The van der Waals surface area contributed by atoms with Crippen molar-refractivity contribution >= 4 is 15.2 Å². The van der Waals surface area contributed by atoms with Crippen LogP contribution in [-0.2, 0) is 15.7 Å². The van der Waals surface area contributed by atoms with E-state index in [1.807, 2.05) is 0 Å². The van der Waals surface area contributed by atoms with Crippen LogP contribution in [0.3, 0.4) is 0 Å². The number of hydrogen-bond donors (Lipinski definition) is 4. The molecule has 0 aliphatic carbocycles. The molecule has 2 rings (SSSR count). The molecule has 8 nitrogen and oxygen atoms in total. The summed E-state index contributed by atoms with van der Waals surface area (Å²) >= 11 is 0. The molecule has 25 heavy (non-hydrogen) atoms. The number of aromatic nitrogens is 1. The third-order valence-corrected chi connectivity index (χ3v) is 7.01. The van der Waals surface area contributed by atoms with Crippen LogP contribution in [0.5, 0.6) is 0 Å². The number of nitrogens with zero attached hydrogens (tertiary/aromatic N) is 1. The van der Waals surface area contributed by atoms with E-state index < -0.39 is 32.6 Å². The van der Waals surface area contributed by atoms with E-state index in [0.29, 0.717) is 11.1 Å². The second-order valence-corrected chi connectivity index (χ2v) is 9.07. The minimum atomic E-state index is -5.80. The third-order valence-electron chi connectivity index (χ3n) is 3.35. The van der Waals surface area contributed by atoms with E-state index in [4.69, 9.17) is 14.7 Å². The Morgan fingerprint density at radius 2 is 1.64 bits per heavy atom. The molecule has 0 aliphatic rings. The first-order valence-corrected chi connectivity index (χ1v) is 9.70. The van der Waals surface area contributed by atoms with Crippen LogP contribution < -0.4 is 39.0 Å². The summed E-state index contributed by atoms with van der Waals surface area (Å²) in [5.41, 5.74) is 1.03. The summed E-state index contributed by atoms with van der Waals surface area (Å²) in [7, 11) is -11.4. The predicted octanol–water partition coefficient (Wildman–Crippen LogP) is -2.85. The molecule has 4 N–H and O–H groups in total. The van der Waals surface area contributed by atoms with Gasteiger partial charge >= 0.3 is 37.2 Å². The van der Waals surface area contributed by atoms with E-state index in [2.05, 4.69) is 0 Å². The molecule has 0 radical (unpaired) electrons. The van der Waals surface area contributed by atoms with Crippen molar-refractivity contribution in [3.05, 3.63) is 54.6 Å². The molecule has 0 amide bonds. The molecule has 2 aromatic rings. The fraction of sp³-hybridized carbons (Fsp3) is 0.154. The minimum absolute atomic E-state index is 0. The van der Waals surface area contributed by atoms with Gasteiger partial charge in [-0.25, -0.2) is 8.96 Å². The summed E-state index contributed by atoms with van der Waals surface area (Å²) < 4.78 is 36.6. The number of benzene rings is 1. The Labute approximate surface area is 164 Å². The Bertz CT molecular complexity index is 815. The van der Waals surface area contributed by atoms with Gasteiger partial charge in [0, 0.05) is 11.6 Å². The van der Waals surface area contributed by atoms with Crippen LogP contribution in [0.15, 0.2) is 48.8 Å². The maximum atomic E-state index is 12.9. The number of aliphatic hydroxyl groups is 1. The molecule has 0 spiro atoms. The first-order chi connectivity index (χ1) is 10.9. The van der Waals surface area contributed by atoms with E-state index in [0.717, 1.165) is 4.57 Å². The number of pyridine rings is 1. The van der Waals surface area contributed by atoms with Gasteiger partial charge in [-0.15, -0.1) is 0 Å². The monoisotopic (exact) mass is 400 g/mol. The summed E-state index contributed by atoms with van der Waals surface area (Å²) in [4.78, 5) is 38.6. The Balaban J connectivity index is 0.00000312.